The third kappa shape index (κ3) is 2.99. The normalized spacial score (nSPS) is 9.96. The number of Topliss-reactive ketones (excluding diaryl/α,β-unsaturated/α-hetero) is 1. The molecule has 0 amide bonds. The molecule has 2 aromatic carbocycles. The van der Waals surface area contributed by atoms with Crippen molar-refractivity contribution in [2.45, 2.75) is 0 Å². The van der Waals surface area contributed by atoms with E-state index in [1.165, 1.54) is 13.3 Å². The Morgan fingerprint density at radius 1 is 1.00 bits per heavy atom. The number of aromatic nitrogens is 1. The maximum Gasteiger partial charge on any atom is 0.379 e. The zero-order chi connectivity index (χ0) is 16.2. The van der Waals surface area contributed by atoms with Crippen LogP contribution < -0.4 is 0 Å². The molecule has 112 valence electrons. The number of carbonyl (C=O) groups is 2. The molecule has 0 saturated heterocycles. The molecule has 3 aromatic rings. The Bertz CT molecular complexity index is 943. The summed E-state index contributed by atoms with van der Waals surface area (Å²) in [5.41, 5.74) is 2.73. The van der Waals surface area contributed by atoms with E-state index in [9.17, 15) is 9.59 Å². The minimum atomic E-state index is -0.883. The Kier molecular flexibility index (Phi) is 3.94. The fraction of sp³-hybridized carbons (Fsp3) is 0.0526. The molecule has 1 N–H and O–H groups in total. The van der Waals surface area contributed by atoms with Crippen molar-refractivity contribution in [2.24, 2.45) is 0 Å². The molecule has 0 bridgehead atoms. The van der Waals surface area contributed by atoms with E-state index < -0.39 is 11.8 Å². The van der Waals surface area contributed by atoms with Gasteiger partial charge >= 0.3 is 5.97 Å². The van der Waals surface area contributed by atoms with Gasteiger partial charge < -0.3 is 9.72 Å². The molecule has 4 heteroatoms. The van der Waals surface area contributed by atoms with Crippen LogP contribution in [0.4, 0.5) is 0 Å². The highest BCUT2D eigenvalue weighted by Gasteiger charge is 2.20. The lowest BCUT2D eigenvalue weighted by atomic mass is 10.1. The lowest BCUT2D eigenvalue weighted by molar-refractivity contribution is -0.135. The second-order valence-electron chi connectivity index (χ2n) is 4.90. The van der Waals surface area contributed by atoms with E-state index in [4.69, 9.17) is 0 Å². The van der Waals surface area contributed by atoms with E-state index in [-0.39, 0.29) is 5.56 Å². The van der Waals surface area contributed by atoms with Crippen molar-refractivity contribution in [3.8, 4) is 11.8 Å². The van der Waals surface area contributed by atoms with E-state index in [1.54, 1.807) is 6.07 Å². The highest BCUT2D eigenvalue weighted by molar-refractivity contribution is 6.42. The molecule has 0 aliphatic rings. The Hall–Kier alpha value is -3.32. The predicted molar refractivity (Wildman–Crippen MR) is 87.1 cm³/mol. The Labute approximate surface area is 133 Å². The molecule has 1 heterocycles. The number of rotatable bonds is 2. The zero-order valence-corrected chi connectivity index (χ0v) is 12.4. The van der Waals surface area contributed by atoms with Crippen molar-refractivity contribution in [2.75, 3.05) is 7.11 Å². The predicted octanol–water partition coefficient (Wildman–Crippen LogP) is 2.92. The van der Waals surface area contributed by atoms with Crippen molar-refractivity contribution < 1.29 is 14.3 Å². The van der Waals surface area contributed by atoms with Crippen molar-refractivity contribution in [3.63, 3.8) is 0 Å². The van der Waals surface area contributed by atoms with Crippen molar-refractivity contribution in [3.05, 3.63) is 71.4 Å². The van der Waals surface area contributed by atoms with Crippen molar-refractivity contribution in [1.82, 2.24) is 4.98 Å². The molecule has 4 nitrogen and oxygen atoms in total. The van der Waals surface area contributed by atoms with Gasteiger partial charge in [0, 0.05) is 28.2 Å². The molecule has 0 aliphatic heterocycles. The number of fused-ring (bicyclic) bond motifs is 1. The molecule has 3 rings (SSSR count). The van der Waals surface area contributed by atoms with Crippen LogP contribution in [0, 0.1) is 11.8 Å². The topological polar surface area (TPSA) is 59.2 Å². The molecule has 1 aromatic heterocycles. The van der Waals surface area contributed by atoms with Crippen molar-refractivity contribution >= 4 is 22.7 Å². The first-order valence-electron chi connectivity index (χ1n) is 7.00. The van der Waals surface area contributed by atoms with Gasteiger partial charge in [0.2, 0.25) is 0 Å². The van der Waals surface area contributed by atoms with Crippen LogP contribution >= 0.6 is 0 Å². The van der Waals surface area contributed by atoms with Crippen LogP contribution in [0.15, 0.2) is 54.7 Å². The summed E-state index contributed by atoms with van der Waals surface area (Å²) in [6.07, 6.45) is 1.51. The summed E-state index contributed by atoms with van der Waals surface area (Å²) in [6.45, 7) is 0. The number of H-pyrrole nitrogens is 1. The fourth-order valence-corrected chi connectivity index (χ4v) is 2.25. The highest BCUT2D eigenvalue weighted by atomic mass is 16.5. The number of esters is 1. The van der Waals surface area contributed by atoms with E-state index in [0.717, 1.165) is 16.6 Å². The SMILES string of the molecule is COC(=O)C(=O)c1c[nH]c2ccc(C#Cc3ccccc3)cc12. The summed E-state index contributed by atoms with van der Waals surface area (Å²) < 4.78 is 4.49. The van der Waals surface area contributed by atoms with E-state index in [2.05, 4.69) is 21.6 Å². The van der Waals surface area contributed by atoms with E-state index in [0.29, 0.717) is 5.39 Å². The Morgan fingerprint density at radius 3 is 2.48 bits per heavy atom. The number of ketones is 1. The number of nitrogens with one attached hydrogen (secondary N) is 1. The van der Waals surface area contributed by atoms with E-state index in [1.807, 2.05) is 42.5 Å². The summed E-state index contributed by atoms with van der Waals surface area (Å²) in [7, 11) is 1.19. The number of ether oxygens (including phenoxy) is 1. The molecule has 0 radical (unpaired) electrons. The molecular weight excluding hydrogens is 290 g/mol. The Morgan fingerprint density at radius 2 is 1.74 bits per heavy atom. The smallest absolute Gasteiger partial charge is 0.379 e. The van der Waals surface area contributed by atoms with Gasteiger partial charge in [-0.3, -0.25) is 4.79 Å². The zero-order valence-electron chi connectivity index (χ0n) is 12.4. The van der Waals surface area contributed by atoms with Gasteiger partial charge in [0.15, 0.2) is 0 Å². The van der Waals surface area contributed by atoms with Gasteiger partial charge in [-0.25, -0.2) is 4.79 Å². The number of methoxy groups -OCH3 is 1. The van der Waals surface area contributed by atoms with Crippen molar-refractivity contribution in [1.29, 1.82) is 0 Å². The molecule has 0 atom stereocenters. The largest absolute Gasteiger partial charge is 0.463 e. The van der Waals surface area contributed by atoms with Gasteiger partial charge in [-0.2, -0.15) is 0 Å². The number of hydrogen-bond acceptors (Lipinski definition) is 3. The Balaban J connectivity index is 2.00. The summed E-state index contributed by atoms with van der Waals surface area (Å²) >= 11 is 0. The standard InChI is InChI=1S/C19H13NO3/c1-23-19(22)18(21)16-12-20-17-10-9-14(11-15(16)17)8-7-13-5-3-2-4-6-13/h2-6,9-12,20H,1H3. The lowest BCUT2D eigenvalue weighted by Crippen LogP contribution is -2.15. The second kappa shape index (κ2) is 6.20. The van der Waals surface area contributed by atoms with Crippen LogP contribution in [0.25, 0.3) is 10.9 Å². The molecular formula is C19H13NO3. The molecule has 0 aliphatic carbocycles. The van der Waals surface area contributed by atoms with Crippen LogP contribution in [-0.2, 0) is 9.53 Å². The number of hydrogen-bond donors (Lipinski definition) is 1. The molecule has 0 saturated carbocycles. The quantitative estimate of drug-likeness (QED) is 0.343. The first-order valence-corrected chi connectivity index (χ1v) is 7.00. The molecule has 0 fully saturated rings. The monoisotopic (exact) mass is 303 g/mol. The summed E-state index contributed by atoms with van der Waals surface area (Å²) in [5, 5.41) is 0.653. The average molecular weight is 303 g/mol. The third-order valence-electron chi connectivity index (χ3n) is 3.42. The second-order valence-corrected chi connectivity index (χ2v) is 4.90. The van der Waals surface area contributed by atoms with Gasteiger partial charge in [-0.1, -0.05) is 30.0 Å². The van der Waals surface area contributed by atoms with Crippen LogP contribution in [0.2, 0.25) is 0 Å². The lowest BCUT2D eigenvalue weighted by Gasteiger charge is -1.98. The summed E-state index contributed by atoms with van der Waals surface area (Å²) in [6, 6.07) is 15.1. The van der Waals surface area contributed by atoms with Gasteiger partial charge in [0.25, 0.3) is 5.78 Å². The molecule has 0 spiro atoms. The van der Waals surface area contributed by atoms with Gasteiger partial charge in [-0.05, 0) is 30.3 Å². The average Bonchev–Trinajstić information content (AvgIpc) is 3.02. The van der Waals surface area contributed by atoms with Gasteiger partial charge in [-0.15, -0.1) is 0 Å². The summed E-state index contributed by atoms with van der Waals surface area (Å²) in [5.74, 6) is 4.57. The maximum absolute atomic E-state index is 12.0. The van der Waals surface area contributed by atoms with Crippen LogP contribution in [0.1, 0.15) is 21.5 Å². The van der Waals surface area contributed by atoms with Crippen LogP contribution in [0.3, 0.4) is 0 Å². The molecule has 23 heavy (non-hydrogen) atoms. The number of aromatic amines is 1. The maximum atomic E-state index is 12.0. The molecule has 0 unspecified atom stereocenters. The van der Waals surface area contributed by atoms with Gasteiger partial charge in [0.1, 0.15) is 0 Å². The third-order valence-corrected chi connectivity index (χ3v) is 3.42. The number of benzene rings is 2. The van der Waals surface area contributed by atoms with Crippen LogP contribution in [-0.4, -0.2) is 23.8 Å². The first kappa shape index (κ1) is 14.6. The highest BCUT2D eigenvalue weighted by Crippen LogP contribution is 2.20. The minimum Gasteiger partial charge on any atom is -0.463 e. The minimum absolute atomic E-state index is 0.287. The fourth-order valence-electron chi connectivity index (χ4n) is 2.25. The number of carbonyl (C=O) groups excluding carboxylic acids is 2. The van der Waals surface area contributed by atoms with Gasteiger partial charge in [0.05, 0.1) is 12.7 Å². The van der Waals surface area contributed by atoms with E-state index >= 15 is 0 Å². The first-order chi connectivity index (χ1) is 11.2. The summed E-state index contributed by atoms with van der Waals surface area (Å²) in [4.78, 5) is 26.4. The van der Waals surface area contributed by atoms with Crippen LogP contribution in [0.5, 0.6) is 0 Å².